The molecule has 0 N–H and O–H groups in total. The first-order chi connectivity index (χ1) is 16.1. The molecule has 0 saturated carbocycles. The van der Waals surface area contributed by atoms with Gasteiger partial charge in [-0.25, -0.2) is 4.98 Å². The third-order valence-electron chi connectivity index (χ3n) is 6.11. The average molecular weight is 442 g/mol. The maximum absolute atomic E-state index is 12.9. The molecule has 1 atom stereocenters. The molecule has 3 aromatic carbocycles. The van der Waals surface area contributed by atoms with Crippen LogP contribution in [-0.4, -0.2) is 35.7 Å². The molecule has 5 rings (SSSR count). The Morgan fingerprint density at radius 3 is 2.67 bits per heavy atom. The second-order valence-electron chi connectivity index (χ2n) is 8.38. The summed E-state index contributed by atoms with van der Waals surface area (Å²) in [7, 11) is 1.63. The molecule has 1 saturated heterocycles. The Labute approximate surface area is 193 Å². The molecule has 0 spiro atoms. The van der Waals surface area contributed by atoms with Gasteiger partial charge in [0.25, 0.3) is 0 Å². The molecule has 1 fully saturated rings. The maximum Gasteiger partial charge on any atom is 0.227 e. The van der Waals surface area contributed by atoms with Crippen LogP contribution in [0.1, 0.15) is 23.7 Å². The van der Waals surface area contributed by atoms with Gasteiger partial charge in [0.1, 0.15) is 23.9 Å². The summed E-state index contributed by atoms with van der Waals surface area (Å²) >= 11 is 0. The zero-order valence-corrected chi connectivity index (χ0v) is 18.9. The summed E-state index contributed by atoms with van der Waals surface area (Å²) in [6.07, 6.45) is 0.430. The number of fused-ring (bicyclic) bond motifs is 1. The van der Waals surface area contributed by atoms with Crippen molar-refractivity contribution in [2.75, 3.05) is 25.2 Å². The molecular formula is C27H27N3O3. The summed E-state index contributed by atoms with van der Waals surface area (Å²) in [5.74, 6) is 2.64. The van der Waals surface area contributed by atoms with E-state index in [9.17, 15) is 4.79 Å². The fourth-order valence-corrected chi connectivity index (χ4v) is 4.51. The van der Waals surface area contributed by atoms with Crippen LogP contribution < -0.4 is 14.4 Å². The number of hydrogen-bond acceptors (Lipinski definition) is 4. The first-order valence-electron chi connectivity index (χ1n) is 11.2. The van der Waals surface area contributed by atoms with Gasteiger partial charge < -0.3 is 18.9 Å². The van der Waals surface area contributed by atoms with Crippen LogP contribution in [0.3, 0.4) is 0 Å². The average Bonchev–Trinajstić information content (AvgIpc) is 3.40. The smallest absolute Gasteiger partial charge is 0.227 e. The largest absolute Gasteiger partial charge is 0.497 e. The molecule has 6 heteroatoms. The van der Waals surface area contributed by atoms with Crippen molar-refractivity contribution in [1.82, 2.24) is 9.55 Å². The van der Waals surface area contributed by atoms with Crippen molar-refractivity contribution in [1.29, 1.82) is 0 Å². The number of benzene rings is 3. The number of aryl methyl sites for hydroxylation is 1. The molecule has 0 radical (unpaired) electrons. The highest BCUT2D eigenvalue weighted by Gasteiger charge is 2.35. The number of rotatable bonds is 7. The normalized spacial score (nSPS) is 15.9. The maximum atomic E-state index is 12.9. The first-order valence-corrected chi connectivity index (χ1v) is 11.2. The van der Waals surface area contributed by atoms with Gasteiger partial charge in [0.15, 0.2) is 0 Å². The van der Waals surface area contributed by atoms with Gasteiger partial charge in [-0.15, -0.1) is 0 Å². The van der Waals surface area contributed by atoms with Crippen LogP contribution in [0.5, 0.6) is 11.5 Å². The van der Waals surface area contributed by atoms with Crippen LogP contribution in [0.2, 0.25) is 0 Å². The molecule has 0 aliphatic carbocycles. The lowest BCUT2D eigenvalue weighted by Crippen LogP contribution is -2.24. The fraction of sp³-hybridized carbons (Fsp3) is 0.259. The van der Waals surface area contributed by atoms with Crippen LogP contribution in [0.25, 0.3) is 11.0 Å². The van der Waals surface area contributed by atoms with Crippen LogP contribution in [0.4, 0.5) is 5.69 Å². The van der Waals surface area contributed by atoms with Crippen LogP contribution in [0.15, 0.2) is 72.8 Å². The number of ether oxygens (including phenoxy) is 2. The van der Waals surface area contributed by atoms with Crippen LogP contribution in [0, 0.1) is 6.92 Å². The van der Waals surface area contributed by atoms with Gasteiger partial charge in [-0.2, -0.15) is 0 Å². The summed E-state index contributed by atoms with van der Waals surface area (Å²) in [6.45, 7) is 3.83. The second-order valence-corrected chi connectivity index (χ2v) is 8.38. The zero-order chi connectivity index (χ0) is 22.8. The van der Waals surface area contributed by atoms with Crippen molar-refractivity contribution in [3.63, 3.8) is 0 Å². The van der Waals surface area contributed by atoms with Gasteiger partial charge in [-0.05, 0) is 48.9 Å². The highest BCUT2D eigenvalue weighted by Crippen LogP contribution is 2.34. The van der Waals surface area contributed by atoms with E-state index < -0.39 is 0 Å². The summed E-state index contributed by atoms with van der Waals surface area (Å²) in [4.78, 5) is 19.7. The predicted molar refractivity (Wildman–Crippen MR) is 129 cm³/mol. The molecule has 4 aromatic rings. The number of imidazole rings is 1. The van der Waals surface area contributed by atoms with E-state index in [1.165, 1.54) is 5.56 Å². The number of aromatic nitrogens is 2. The molecule has 33 heavy (non-hydrogen) atoms. The quantitative estimate of drug-likeness (QED) is 0.407. The minimum Gasteiger partial charge on any atom is -0.497 e. The van der Waals surface area contributed by atoms with Crippen molar-refractivity contribution >= 4 is 22.6 Å². The van der Waals surface area contributed by atoms with E-state index in [0.29, 0.717) is 26.1 Å². The Bertz CT molecular complexity index is 1300. The van der Waals surface area contributed by atoms with E-state index in [0.717, 1.165) is 34.0 Å². The Kier molecular flexibility index (Phi) is 5.73. The fourth-order valence-electron chi connectivity index (χ4n) is 4.51. The molecule has 0 unspecified atom stereocenters. The Hall–Kier alpha value is -3.80. The molecule has 1 aromatic heterocycles. The van der Waals surface area contributed by atoms with Gasteiger partial charge >= 0.3 is 0 Å². The number of hydrogen-bond donors (Lipinski definition) is 0. The van der Waals surface area contributed by atoms with E-state index in [1.807, 2.05) is 65.6 Å². The standard InChI is InChI=1S/C27H27N3O3/c1-19-7-5-10-23(15-19)33-14-13-29-25-12-4-3-11-24(25)28-27(29)20-16-26(31)30(18-20)21-8-6-9-22(17-21)32-2/h3-12,15,17,20H,13-14,16,18H2,1-2H3/t20-/m1/s1. The van der Waals surface area contributed by atoms with Crippen molar-refractivity contribution in [3.8, 4) is 11.5 Å². The number of anilines is 1. The molecule has 1 amide bonds. The van der Waals surface area contributed by atoms with Crippen molar-refractivity contribution in [2.45, 2.75) is 25.8 Å². The predicted octanol–water partition coefficient (Wildman–Crippen LogP) is 4.95. The molecule has 2 heterocycles. The summed E-state index contributed by atoms with van der Waals surface area (Å²) in [5, 5.41) is 0. The van der Waals surface area contributed by atoms with Crippen LogP contribution in [-0.2, 0) is 11.3 Å². The van der Waals surface area contributed by atoms with Crippen molar-refractivity contribution in [3.05, 3.63) is 84.2 Å². The lowest BCUT2D eigenvalue weighted by molar-refractivity contribution is -0.117. The number of carbonyl (C=O) groups is 1. The minimum atomic E-state index is 0.00932. The minimum absolute atomic E-state index is 0.00932. The van der Waals surface area contributed by atoms with Gasteiger partial charge in [0.05, 0.1) is 24.7 Å². The lowest BCUT2D eigenvalue weighted by atomic mass is 10.1. The van der Waals surface area contributed by atoms with Gasteiger partial charge in [-0.1, -0.05) is 30.3 Å². The van der Waals surface area contributed by atoms with E-state index >= 15 is 0 Å². The summed E-state index contributed by atoms with van der Waals surface area (Å²) in [6, 6.07) is 23.8. The third-order valence-corrected chi connectivity index (χ3v) is 6.11. The highest BCUT2D eigenvalue weighted by molar-refractivity contribution is 5.96. The van der Waals surface area contributed by atoms with E-state index in [1.54, 1.807) is 7.11 Å². The Morgan fingerprint density at radius 1 is 1.00 bits per heavy atom. The third kappa shape index (κ3) is 4.29. The number of nitrogens with zero attached hydrogens (tertiary/aromatic N) is 3. The molecule has 0 bridgehead atoms. The summed E-state index contributed by atoms with van der Waals surface area (Å²) in [5.41, 5.74) is 4.03. The van der Waals surface area contributed by atoms with E-state index in [-0.39, 0.29) is 11.8 Å². The first kappa shape index (κ1) is 21.1. The topological polar surface area (TPSA) is 56.6 Å². The number of carbonyl (C=O) groups excluding carboxylic acids is 1. The van der Waals surface area contributed by atoms with Gasteiger partial charge in [-0.3, -0.25) is 4.79 Å². The highest BCUT2D eigenvalue weighted by atomic mass is 16.5. The van der Waals surface area contributed by atoms with Gasteiger partial charge in [0, 0.05) is 30.6 Å². The molecule has 1 aliphatic rings. The number of para-hydroxylation sites is 2. The van der Waals surface area contributed by atoms with E-state index in [4.69, 9.17) is 14.5 Å². The lowest BCUT2D eigenvalue weighted by Gasteiger charge is -2.18. The van der Waals surface area contributed by atoms with Crippen LogP contribution >= 0.6 is 0 Å². The van der Waals surface area contributed by atoms with Crippen molar-refractivity contribution in [2.24, 2.45) is 0 Å². The molecular weight excluding hydrogens is 414 g/mol. The van der Waals surface area contributed by atoms with Crippen molar-refractivity contribution < 1.29 is 14.3 Å². The zero-order valence-electron chi connectivity index (χ0n) is 18.9. The Morgan fingerprint density at radius 2 is 1.82 bits per heavy atom. The number of amides is 1. The molecule has 168 valence electrons. The second kappa shape index (κ2) is 8.98. The van der Waals surface area contributed by atoms with E-state index in [2.05, 4.69) is 23.6 Å². The molecule has 6 nitrogen and oxygen atoms in total. The van der Waals surface area contributed by atoms with Gasteiger partial charge in [0.2, 0.25) is 5.91 Å². The SMILES string of the molecule is COc1cccc(N2C[C@H](c3nc4ccccc4n3CCOc3cccc(C)c3)CC2=O)c1. The number of methoxy groups -OCH3 is 1. The monoisotopic (exact) mass is 441 g/mol. The Balaban J connectivity index is 1.40. The molecule has 1 aliphatic heterocycles. The summed E-state index contributed by atoms with van der Waals surface area (Å²) < 4.78 is 13.6.